The largest absolute Gasteiger partial charge is 0.305 e. The highest BCUT2D eigenvalue weighted by atomic mass is 127. The van der Waals surface area contributed by atoms with Gasteiger partial charge < -0.3 is 4.90 Å². The lowest BCUT2D eigenvalue weighted by molar-refractivity contribution is 0.307. The molecule has 0 aliphatic carbocycles. The van der Waals surface area contributed by atoms with Crippen LogP contribution in [0, 0.1) is 0 Å². The molecule has 1 atom stereocenters. The number of likely N-dealkylation sites (N-methyl/N-ethyl adjacent to an activating group) is 1. The topological polar surface area (TPSA) is 6.48 Å². The number of nitrogens with zero attached hydrogens (tertiary/aromatic N) is 2. The first kappa shape index (κ1) is 7.75. The average molecular weight is 240 g/mol. The molecule has 1 saturated heterocycles. The molecule has 9 heavy (non-hydrogen) atoms. The Morgan fingerprint density at radius 2 is 2.22 bits per heavy atom. The first-order chi connectivity index (χ1) is 4.20. The van der Waals surface area contributed by atoms with E-state index in [4.69, 9.17) is 0 Å². The zero-order valence-electron chi connectivity index (χ0n) is 5.97. The normalized spacial score (nSPS) is 30.0. The van der Waals surface area contributed by atoms with Crippen molar-refractivity contribution in [2.75, 3.05) is 27.2 Å². The summed E-state index contributed by atoms with van der Waals surface area (Å²) in [6.45, 7) is 2.48. The molecule has 1 rings (SSSR count). The van der Waals surface area contributed by atoms with E-state index >= 15 is 0 Å². The molecule has 2 nitrogen and oxygen atoms in total. The lowest BCUT2D eigenvalue weighted by Crippen LogP contribution is -2.29. The summed E-state index contributed by atoms with van der Waals surface area (Å²) < 4.78 is 2.35. The van der Waals surface area contributed by atoms with Gasteiger partial charge in [-0.1, -0.05) is 0 Å². The summed E-state index contributed by atoms with van der Waals surface area (Å²) in [6, 6.07) is 0.793. The highest BCUT2D eigenvalue weighted by Gasteiger charge is 2.21. The first-order valence-corrected chi connectivity index (χ1v) is 4.24. The van der Waals surface area contributed by atoms with Crippen molar-refractivity contribution in [3.8, 4) is 0 Å². The van der Waals surface area contributed by atoms with E-state index in [0.717, 1.165) is 6.04 Å². The second kappa shape index (κ2) is 3.16. The minimum atomic E-state index is 0.793. The van der Waals surface area contributed by atoms with Gasteiger partial charge in [-0.3, -0.25) is 0 Å². The van der Waals surface area contributed by atoms with E-state index in [1.807, 2.05) is 0 Å². The van der Waals surface area contributed by atoms with Crippen molar-refractivity contribution in [3.63, 3.8) is 0 Å². The summed E-state index contributed by atoms with van der Waals surface area (Å²) in [7, 11) is 4.31. The fourth-order valence-corrected chi connectivity index (χ4v) is 1.86. The maximum Gasteiger partial charge on any atom is 0.0238 e. The van der Waals surface area contributed by atoms with Crippen LogP contribution in [0.3, 0.4) is 0 Å². The molecule has 0 aromatic rings. The van der Waals surface area contributed by atoms with E-state index in [1.165, 1.54) is 19.5 Å². The molecule has 0 radical (unpaired) electrons. The molecule has 1 heterocycles. The van der Waals surface area contributed by atoms with Crippen molar-refractivity contribution >= 4 is 22.9 Å². The van der Waals surface area contributed by atoms with Crippen LogP contribution in [0.25, 0.3) is 0 Å². The van der Waals surface area contributed by atoms with Crippen molar-refractivity contribution in [1.82, 2.24) is 8.01 Å². The molecule has 0 spiro atoms. The van der Waals surface area contributed by atoms with E-state index < -0.39 is 0 Å². The highest BCUT2D eigenvalue weighted by molar-refractivity contribution is 14.1. The number of hydrogen-bond acceptors (Lipinski definition) is 2. The van der Waals surface area contributed by atoms with Gasteiger partial charge >= 0.3 is 0 Å². The van der Waals surface area contributed by atoms with Crippen molar-refractivity contribution in [3.05, 3.63) is 0 Å². The van der Waals surface area contributed by atoms with Crippen LogP contribution >= 0.6 is 22.9 Å². The third kappa shape index (κ3) is 2.05. The second-order valence-corrected chi connectivity index (χ2v) is 4.14. The van der Waals surface area contributed by atoms with Gasteiger partial charge in [0.25, 0.3) is 0 Å². The Bertz CT molecular complexity index is 95.1. The summed E-state index contributed by atoms with van der Waals surface area (Å²) in [5.74, 6) is 0. The molecule has 0 unspecified atom stereocenters. The van der Waals surface area contributed by atoms with Crippen LogP contribution in [0.1, 0.15) is 6.42 Å². The Labute approximate surface area is 70.7 Å². The van der Waals surface area contributed by atoms with Crippen LogP contribution in [0.15, 0.2) is 0 Å². The van der Waals surface area contributed by atoms with E-state index in [-0.39, 0.29) is 0 Å². The third-order valence-corrected chi connectivity index (χ3v) is 2.72. The van der Waals surface area contributed by atoms with Gasteiger partial charge in [-0.2, -0.15) is 0 Å². The molecule has 54 valence electrons. The van der Waals surface area contributed by atoms with Crippen molar-refractivity contribution in [2.24, 2.45) is 0 Å². The standard InChI is InChI=1S/C6H13IN2/c1-8(2)6-3-4-9(7)5-6/h6H,3-5H2,1-2H3/t6-/m0/s1. The van der Waals surface area contributed by atoms with E-state index in [1.54, 1.807) is 0 Å². The molecule has 0 amide bonds. The van der Waals surface area contributed by atoms with E-state index in [2.05, 4.69) is 45.0 Å². The van der Waals surface area contributed by atoms with Crippen LogP contribution in [-0.4, -0.2) is 41.2 Å². The molecule has 0 aromatic heterocycles. The Balaban J connectivity index is 2.30. The molecule has 1 aliphatic heterocycles. The lowest BCUT2D eigenvalue weighted by Gasteiger charge is -2.17. The van der Waals surface area contributed by atoms with Gasteiger partial charge in [0.2, 0.25) is 0 Å². The van der Waals surface area contributed by atoms with Gasteiger partial charge in [0.1, 0.15) is 0 Å². The smallest absolute Gasteiger partial charge is 0.0238 e. The molecule has 1 fully saturated rings. The van der Waals surface area contributed by atoms with Crippen molar-refractivity contribution in [1.29, 1.82) is 0 Å². The third-order valence-electron chi connectivity index (χ3n) is 1.84. The predicted molar refractivity (Wildman–Crippen MR) is 47.7 cm³/mol. The van der Waals surface area contributed by atoms with Crippen molar-refractivity contribution < 1.29 is 0 Å². The number of halogens is 1. The second-order valence-electron chi connectivity index (χ2n) is 2.77. The molecular weight excluding hydrogens is 227 g/mol. The maximum atomic E-state index is 2.39. The van der Waals surface area contributed by atoms with Crippen molar-refractivity contribution in [2.45, 2.75) is 12.5 Å². The molecule has 3 heteroatoms. The van der Waals surface area contributed by atoms with Gasteiger partial charge in [-0.25, -0.2) is 3.11 Å². The number of rotatable bonds is 1. The summed E-state index contributed by atoms with van der Waals surface area (Å²) in [5, 5.41) is 0. The van der Waals surface area contributed by atoms with E-state index in [0.29, 0.717) is 0 Å². The fraction of sp³-hybridized carbons (Fsp3) is 1.00. The Kier molecular flexibility index (Phi) is 2.73. The Morgan fingerprint density at radius 1 is 1.56 bits per heavy atom. The SMILES string of the molecule is CN(C)[C@H]1CCN(I)C1. The molecule has 0 aromatic carbocycles. The zero-order chi connectivity index (χ0) is 6.85. The molecule has 0 N–H and O–H groups in total. The predicted octanol–water partition coefficient (Wildman–Crippen LogP) is 0.972. The molecule has 0 saturated carbocycles. The number of hydrogen-bond donors (Lipinski definition) is 0. The Morgan fingerprint density at radius 3 is 2.44 bits per heavy atom. The average Bonchev–Trinajstić information content (AvgIpc) is 2.14. The maximum absolute atomic E-state index is 2.39. The summed E-state index contributed by atoms with van der Waals surface area (Å²) >= 11 is 2.39. The van der Waals surface area contributed by atoms with Gasteiger partial charge in [0.05, 0.1) is 0 Å². The monoisotopic (exact) mass is 240 g/mol. The summed E-state index contributed by atoms with van der Waals surface area (Å²) in [5.41, 5.74) is 0. The minimum Gasteiger partial charge on any atom is -0.305 e. The molecule has 0 bridgehead atoms. The minimum absolute atomic E-state index is 0.793. The van der Waals surface area contributed by atoms with Crippen LogP contribution in [0.4, 0.5) is 0 Å². The van der Waals surface area contributed by atoms with E-state index in [9.17, 15) is 0 Å². The van der Waals surface area contributed by atoms with Gasteiger partial charge in [0, 0.05) is 42.0 Å². The summed E-state index contributed by atoms with van der Waals surface area (Å²) in [4.78, 5) is 2.30. The first-order valence-electron chi connectivity index (χ1n) is 3.27. The lowest BCUT2D eigenvalue weighted by atomic mass is 10.2. The van der Waals surface area contributed by atoms with Gasteiger partial charge in [0.15, 0.2) is 0 Å². The van der Waals surface area contributed by atoms with Crippen LogP contribution in [-0.2, 0) is 0 Å². The van der Waals surface area contributed by atoms with Crippen LogP contribution in [0.2, 0.25) is 0 Å². The molecule has 1 aliphatic rings. The van der Waals surface area contributed by atoms with Crippen LogP contribution < -0.4 is 0 Å². The Hall–Kier alpha value is 0.650. The molecular formula is C6H13IN2. The van der Waals surface area contributed by atoms with Gasteiger partial charge in [-0.15, -0.1) is 0 Å². The zero-order valence-corrected chi connectivity index (χ0v) is 8.13. The quantitative estimate of drug-likeness (QED) is 0.497. The summed E-state index contributed by atoms with van der Waals surface area (Å²) in [6.07, 6.45) is 1.33. The fourth-order valence-electron chi connectivity index (χ4n) is 1.12. The highest BCUT2D eigenvalue weighted by Crippen LogP contribution is 2.15. The van der Waals surface area contributed by atoms with Crippen LogP contribution in [0.5, 0.6) is 0 Å². The van der Waals surface area contributed by atoms with Gasteiger partial charge in [-0.05, 0) is 20.5 Å².